The number of aryl methyl sites for hydroxylation is 1. The standard InChI is InChI=1S/C14H11F2N3/c1-9-4-13(16)14(6-12(9)15)19-8-10-2-3-18-11(5-10)7-17/h2-6,19H,8H2,1H3. The Hall–Kier alpha value is -2.48. The molecule has 0 unspecified atom stereocenters. The topological polar surface area (TPSA) is 48.7 Å². The lowest BCUT2D eigenvalue weighted by atomic mass is 10.2. The summed E-state index contributed by atoms with van der Waals surface area (Å²) in [5, 5.41) is 11.5. The maximum atomic E-state index is 13.6. The fourth-order valence-corrected chi connectivity index (χ4v) is 1.62. The van der Waals surface area contributed by atoms with Gasteiger partial charge < -0.3 is 5.32 Å². The summed E-state index contributed by atoms with van der Waals surface area (Å²) in [6.45, 7) is 1.79. The second-order valence-electron chi connectivity index (χ2n) is 4.10. The molecule has 5 heteroatoms. The molecule has 3 nitrogen and oxygen atoms in total. The van der Waals surface area contributed by atoms with Gasteiger partial charge in [0, 0.05) is 18.8 Å². The Morgan fingerprint density at radius 1 is 1.26 bits per heavy atom. The highest BCUT2D eigenvalue weighted by atomic mass is 19.1. The molecular weight excluding hydrogens is 248 g/mol. The minimum Gasteiger partial charge on any atom is -0.379 e. The Morgan fingerprint density at radius 3 is 2.79 bits per heavy atom. The van der Waals surface area contributed by atoms with E-state index in [9.17, 15) is 8.78 Å². The Kier molecular flexibility index (Phi) is 3.71. The highest BCUT2D eigenvalue weighted by Crippen LogP contribution is 2.19. The normalized spacial score (nSPS) is 10.0. The van der Waals surface area contributed by atoms with Gasteiger partial charge in [-0.1, -0.05) is 0 Å². The zero-order chi connectivity index (χ0) is 13.8. The second kappa shape index (κ2) is 5.44. The van der Waals surface area contributed by atoms with E-state index in [0.717, 1.165) is 17.7 Å². The van der Waals surface area contributed by atoms with Gasteiger partial charge in [0.05, 0.1) is 5.69 Å². The van der Waals surface area contributed by atoms with Crippen molar-refractivity contribution in [3.8, 4) is 6.07 Å². The summed E-state index contributed by atoms with van der Waals surface area (Å²) in [5.74, 6) is -0.968. The molecule has 19 heavy (non-hydrogen) atoms. The fraction of sp³-hybridized carbons (Fsp3) is 0.143. The number of nitrogens with zero attached hydrogens (tertiary/aromatic N) is 2. The van der Waals surface area contributed by atoms with Gasteiger partial charge in [-0.15, -0.1) is 0 Å². The van der Waals surface area contributed by atoms with E-state index >= 15 is 0 Å². The molecule has 2 aromatic rings. The minimum absolute atomic E-state index is 0.0958. The van der Waals surface area contributed by atoms with Crippen LogP contribution in [0, 0.1) is 29.9 Å². The van der Waals surface area contributed by atoms with Crippen molar-refractivity contribution < 1.29 is 8.78 Å². The molecule has 1 aromatic heterocycles. The number of aromatic nitrogens is 1. The fourth-order valence-electron chi connectivity index (χ4n) is 1.62. The van der Waals surface area contributed by atoms with Gasteiger partial charge in [0.2, 0.25) is 0 Å². The first-order valence-corrected chi connectivity index (χ1v) is 5.64. The van der Waals surface area contributed by atoms with Crippen LogP contribution in [0.2, 0.25) is 0 Å². The number of benzene rings is 1. The Labute approximate surface area is 109 Å². The molecule has 1 N–H and O–H groups in total. The molecule has 0 radical (unpaired) electrons. The number of nitrogens with one attached hydrogen (secondary N) is 1. The molecule has 1 aromatic carbocycles. The van der Waals surface area contributed by atoms with Crippen molar-refractivity contribution in [2.45, 2.75) is 13.5 Å². The molecule has 0 aliphatic heterocycles. The van der Waals surface area contributed by atoms with Crippen molar-refractivity contribution in [2.75, 3.05) is 5.32 Å². The van der Waals surface area contributed by atoms with E-state index in [-0.39, 0.29) is 23.5 Å². The van der Waals surface area contributed by atoms with Gasteiger partial charge in [-0.25, -0.2) is 13.8 Å². The number of hydrogen-bond donors (Lipinski definition) is 1. The minimum atomic E-state index is -0.506. The van der Waals surface area contributed by atoms with Gasteiger partial charge in [0.1, 0.15) is 23.4 Å². The summed E-state index contributed by atoms with van der Waals surface area (Å²) < 4.78 is 26.9. The quantitative estimate of drug-likeness (QED) is 0.921. The lowest BCUT2D eigenvalue weighted by Gasteiger charge is -2.09. The van der Waals surface area contributed by atoms with Crippen LogP contribution in [0.25, 0.3) is 0 Å². The SMILES string of the molecule is Cc1cc(F)c(NCc2ccnc(C#N)c2)cc1F. The number of nitriles is 1. The summed E-state index contributed by atoms with van der Waals surface area (Å²) in [6.07, 6.45) is 1.50. The first kappa shape index (κ1) is 13.0. The summed E-state index contributed by atoms with van der Waals surface area (Å²) in [4.78, 5) is 3.83. The van der Waals surface area contributed by atoms with Crippen molar-refractivity contribution in [3.63, 3.8) is 0 Å². The predicted molar refractivity (Wildman–Crippen MR) is 67.4 cm³/mol. The number of halogens is 2. The van der Waals surface area contributed by atoms with Crippen molar-refractivity contribution in [1.82, 2.24) is 4.98 Å². The Bertz CT molecular complexity index is 648. The van der Waals surface area contributed by atoms with Gasteiger partial charge in [-0.2, -0.15) is 5.26 Å². The van der Waals surface area contributed by atoms with E-state index in [0.29, 0.717) is 0 Å². The molecule has 0 fully saturated rings. The molecule has 0 bridgehead atoms. The molecule has 1 heterocycles. The number of anilines is 1. The highest BCUT2D eigenvalue weighted by molar-refractivity contribution is 5.47. The van der Waals surface area contributed by atoms with Gasteiger partial charge in [-0.3, -0.25) is 0 Å². The van der Waals surface area contributed by atoms with E-state index in [4.69, 9.17) is 5.26 Å². The predicted octanol–water partition coefficient (Wildman–Crippen LogP) is 3.15. The monoisotopic (exact) mass is 259 g/mol. The average Bonchev–Trinajstić information content (AvgIpc) is 2.41. The summed E-state index contributed by atoms with van der Waals surface area (Å²) in [7, 11) is 0. The molecule has 0 aliphatic rings. The number of rotatable bonds is 3. The van der Waals surface area contributed by atoms with E-state index in [1.165, 1.54) is 13.1 Å². The van der Waals surface area contributed by atoms with E-state index in [1.807, 2.05) is 6.07 Å². The lowest BCUT2D eigenvalue weighted by molar-refractivity contribution is 0.594. The lowest BCUT2D eigenvalue weighted by Crippen LogP contribution is -2.03. The first-order valence-electron chi connectivity index (χ1n) is 5.64. The van der Waals surface area contributed by atoms with Gasteiger partial charge >= 0.3 is 0 Å². The van der Waals surface area contributed by atoms with Crippen molar-refractivity contribution in [3.05, 3.63) is 58.9 Å². The molecule has 0 saturated carbocycles. The van der Waals surface area contributed by atoms with Crippen LogP contribution in [0.15, 0.2) is 30.5 Å². The van der Waals surface area contributed by atoms with Crippen LogP contribution < -0.4 is 5.32 Å². The van der Waals surface area contributed by atoms with Gasteiger partial charge in [0.15, 0.2) is 0 Å². The third-order valence-corrected chi connectivity index (χ3v) is 2.67. The highest BCUT2D eigenvalue weighted by Gasteiger charge is 2.07. The van der Waals surface area contributed by atoms with Crippen LogP contribution in [-0.2, 0) is 6.54 Å². The van der Waals surface area contributed by atoms with Gasteiger partial charge in [0.25, 0.3) is 0 Å². The van der Waals surface area contributed by atoms with E-state index in [1.54, 1.807) is 12.1 Å². The zero-order valence-electron chi connectivity index (χ0n) is 10.2. The Morgan fingerprint density at radius 2 is 2.05 bits per heavy atom. The summed E-state index contributed by atoms with van der Waals surface area (Å²) >= 11 is 0. The van der Waals surface area contributed by atoms with E-state index in [2.05, 4.69) is 10.3 Å². The van der Waals surface area contributed by atoms with Gasteiger partial charge in [-0.05, 0) is 36.2 Å². The number of hydrogen-bond acceptors (Lipinski definition) is 3. The van der Waals surface area contributed by atoms with Crippen molar-refractivity contribution in [1.29, 1.82) is 5.26 Å². The molecule has 0 atom stereocenters. The van der Waals surface area contributed by atoms with E-state index < -0.39 is 11.6 Å². The second-order valence-corrected chi connectivity index (χ2v) is 4.10. The van der Waals surface area contributed by atoms with Crippen LogP contribution in [0.5, 0.6) is 0 Å². The maximum absolute atomic E-state index is 13.6. The largest absolute Gasteiger partial charge is 0.379 e. The van der Waals surface area contributed by atoms with Crippen molar-refractivity contribution >= 4 is 5.69 Å². The molecule has 0 aliphatic carbocycles. The van der Waals surface area contributed by atoms with Crippen LogP contribution in [0.3, 0.4) is 0 Å². The Balaban J connectivity index is 2.14. The third kappa shape index (κ3) is 3.05. The molecule has 96 valence electrons. The summed E-state index contributed by atoms with van der Waals surface area (Å²) in [5.41, 5.74) is 1.42. The zero-order valence-corrected chi connectivity index (χ0v) is 10.2. The smallest absolute Gasteiger partial charge is 0.146 e. The van der Waals surface area contributed by atoms with Crippen molar-refractivity contribution in [2.24, 2.45) is 0 Å². The van der Waals surface area contributed by atoms with Crippen LogP contribution >= 0.6 is 0 Å². The summed E-state index contributed by atoms with van der Waals surface area (Å²) in [6, 6.07) is 7.48. The van der Waals surface area contributed by atoms with Crippen LogP contribution in [-0.4, -0.2) is 4.98 Å². The average molecular weight is 259 g/mol. The molecule has 0 spiro atoms. The maximum Gasteiger partial charge on any atom is 0.146 e. The number of pyridine rings is 1. The molecule has 0 amide bonds. The molecular formula is C14H11F2N3. The molecule has 2 rings (SSSR count). The van der Waals surface area contributed by atoms with Crippen LogP contribution in [0.1, 0.15) is 16.8 Å². The third-order valence-electron chi connectivity index (χ3n) is 2.67. The first-order chi connectivity index (χ1) is 9.10. The molecule has 0 saturated heterocycles. The van der Waals surface area contributed by atoms with Crippen LogP contribution in [0.4, 0.5) is 14.5 Å².